The van der Waals surface area contributed by atoms with E-state index in [1.54, 1.807) is 0 Å². The van der Waals surface area contributed by atoms with Crippen LogP contribution >= 0.6 is 0 Å². The number of rotatable bonds is 7. The lowest BCUT2D eigenvalue weighted by Crippen LogP contribution is -2.49. The molecule has 1 radical (unpaired) electrons. The molecule has 1 aromatic carbocycles. The first-order valence-electron chi connectivity index (χ1n) is 7.29. The highest BCUT2D eigenvalue weighted by Gasteiger charge is 2.20. The smallest absolute Gasteiger partial charge is 0.132 e. The lowest BCUT2D eigenvalue weighted by molar-refractivity contribution is 0.0454. The molecule has 0 aromatic heterocycles. The summed E-state index contributed by atoms with van der Waals surface area (Å²) in [6.45, 7) is 10.5. The highest BCUT2D eigenvalue weighted by molar-refractivity contribution is 6.73. The molecule has 1 aliphatic rings. The molecule has 0 atom stereocenters. The molecule has 1 heterocycles. The molecule has 1 fully saturated rings. The molecular weight excluding hydrogens is 266 g/mol. The minimum absolute atomic E-state index is 0.715. The van der Waals surface area contributed by atoms with Gasteiger partial charge in [-0.25, -0.2) is 0 Å². The van der Waals surface area contributed by atoms with Crippen molar-refractivity contribution in [2.24, 2.45) is 0 Å². The van der Waals surface area contributed by atoms with Crippen LogP contribution in [0.2, 0.25) is 0 Å². The number of nitrogens with zero attached hydrogens (tertiary/aromatic N) is 1. The van der Waals surface area contributed by atoms with Gasteiger partial charge in [-0.15, -0.1) is 0 Å². The van der Waals surface area contributed by atoms with Crippen molar-refractivity contribution in [3.63, 3.8) is 0 Å². The van der Waals surface area contributed by atoms with E-state index >= 15 is 0 Å². The van der Waals surface area contributed by atoms with E-state index in [0.717, 1.165) is 45.3 Å². The summed E-state index contributed by atoms with van der Waals surface area (Å²) in [4.78, 5) is 2.51. The number of hydrogen-bond acceptors (Lipinski definition) is 3. The van der Waals surface area contributed by atoms with Gasteiger partial charge < -0.3 is 14.4 Å². The van der Waals surface area contributed by atoms with Crippen molar-refractivity contribution < 1.29 is 9.47 Å². The van der Waals surface area contributed by atoms with Crippen LogP contribution in [0.1, 0.15) is 12.5 Å². The van der Waals surface area contributed by atoms with Crippen molar-refractivity contribution in [3.8, 4) is 0 Å². The van der Waals surface area contributed by atoms with E-state index in [9.17, 15) is 0 Å². The quantitative estimate of drug-likeness (QED) is 0.710. The van der Waals surface area contributed by atoms with Crippen LogP contribution < -0.4 is 5.19 Å². The minimum Gasteiger partial charge on any atom is -0.385 e. The maximum Gasteiger partial charge on any atom is 0.132 e. The molecule has 0 bridgehead atoms. The summed E-state index contributed by atoms with van der Waals surface area (Å²) in [6, 6.07) is 8.73. The number of benzene rings is 1. The molecule has 0 aliphatic carbocycles. The predicted molar refractivity (Wildman–Crippen MR) is 85.7 cm³/mol. The van der Waals surface area contributed by atoms with Crippen molar-refractivity contribution in [1.29, 1.82) is 0 Å². The Hall–Kier alpha value is -0.943. The van der Waals surface area contributed by atoms with Crippen LogP contribution in [0.15, 0.2) is 30.8 Å². The molecule has 4 heteroatoms. The molecule has 3 nitrogen and oxygen atoms in total. The number of morpholine rings is 1. The van der Waals surface area contributed by atoms with Gasteiger partial charge in [-0.2, -0.15) is 0 Å². The molecule has 0 saturated carbocycles. The summed E-state index contributed by atoms with van der Waals surface area (Å²) in [7, 11) is -0.715. The molecule has 0 spiro atoms. The Morgan fingerprint density at radius 3 is 2.90 bits per heavy atom. The van der Waals surface area contributed by atoms with E-state index in [4.69, 9.17) is 9.47 Å². The Morgan fingerprint density at radius 1 is 1.40 bits per heavy atom. The monoisotopic (exact) mass is 290 g/mol. The van der Waals surface area contributed by atoms with Crippen LogP contribution in [0.3, 0.4) is 0 Å². The fraction of sp³-hybridized carbons (Fsp3) is 0.500. The summed E-state index contributed by atoms with van der Waals surface area (Å²) < 4.78 is 11.2. The first kappa shape index (κ1) is 15.4. The number of ether oxygens (including phenoxy) is 2. The Morgan fingerprint density at radius 2 is 2.20 bits per heavy atom. The highest BCUT2D eigenvalue weighted by Crippen LogP contribution is 2.03. The van der Waals surface area contributed by atoms with Crippen molar-refractivity contribution in [2.75, 3.05) is 45.3 Å². The van der Waals surface area contributed by atoms with Gasteiger partial charge in [0.25, 0.3) is 0 Å². The average Bonchev–Trinajstić information content (AvgIpc) is 2.52. The Labute approximate surface area is 123 Å². The zero-order valence-corrected chi connectivity index (χ0v) is 13.3. The van der Waals surface area contributed by atoms with Crippen molar-refractivity contribution in [3.05, 3.63) is 36.4 Å². The molecule has 1 aliphatic heterocycles. The van der Waals surface area contributed by atoms with E-state index in [2.05, 4.69) is 42.7 Å². The fourth-order valence-electron chi connectivity index (χ4n) is 2.36. The zero-order valence-electron chi connectivity index (χ0n) is 12.3. The van der Waals surface area contributed by atoms with Gasteiger partial charge in [-0.1, -0.05) is 42.1 Å². The van der Waals surface area contributed by atoms with Gasteiger partial charge in [0.1, 0.15) is 8.80 Å². The molecule has 109 valence electrons. The van der Waals surface area contributed by atoms with Crippen molar-refractivity contribution in [1.82, 2.24) is 4.90 Å². The molecular formula is C16H24NO2Si. The molecule has 0 N–H and O–H groups in total. The van der Waals surface area contributed by atoms with Gasteiger partial charge in [-0.05, 0) is 18.7 Å². The zero-order chi connectivity index (χ0) is 14.2. The third-order valence-corrected chi connectivity index (χ3v) is 6.04. The van der Waals surface area contributed by atoms with Gasteiger partial charge in [-0.3, -0.25) is 0 Å². The van der Waals surface area contributed by atoms with Crippen LogP contribution in [0, 0.1) is 0 Å². The van der Waals surface area contributed by atoms with E-state index in [1.165, 1.54) is 10.8 Å². The molecule has 20 heavy (non-hydrogen) atoms. The molecule has 2 rings (SSSR count). The first-order valence-corrected chi connectivity index (χ1v) is 9.20. The third kappa shape index (κ3) is 4.56. The van der Waals surface area contributed by atoms with E-state index in [-0.39, 0.29) is 0 Å². The summed E-state index contributed by atoms with van der Waals surface area (Å²) in [5, 5.41) is 1.44. The summed E-state index contributed by atoms with van der Waals surface area (Å²) in [6.07, 6.45) is 3.92. The SMILES string of the molecule is C=Cc1cccc([Si](COCC)CN2CCOCC2)c1. The van der Waals surface area contributed by atoms with E-state index < -0.39 is 8.80 Å². The van der Waals surface area contributed by atoms with Gasteiger partial charge >= 0.3 is 0 Å². The topological polar surface area (TPSA) is 21.7 Å². The normalized spacial score (nSPS) is 16.5. The van der Waals surface area contributed by atoms with Gasteiger partial charge in [0.2, 0.25) is 0 Å². The summed E-state index contributed by atoms with van der Waals surface area (Å²) in [5.74, 6) is 0. The van der Waals surface area contributed by atoms with Crippen LogP contribution in [0.5, 0.6) is 0 Å². The van der Waals surface area contributed by atoms with E-state index in [0.29, 0.717) is 0 Å². The van der Waals surface area contributed by atoms with Gasteiger partial charge in [0, 0.05) is 25.9 Å². The lowest BCUT2D eigenvalue weighted by atomic mass is 10.2. The van der Waals surface area contributed by atoms with Crippen molar-refractivity contribution in [2.45, 2.75) is 6.92 Å². The second-order valence-electron chi connectivity index (χ2n) is 4.96. The standard InChI is InChI=1S/C16H24NO2Si/c1-3-15-6-5-7-16(12-15)20(14-18-4-2)13-17-8-10-19-11-9-17/h3,5-7,12H,1,4,8-11,13-14H2,2H3. The Bertz CT molecular complexity index is 419. The minimum atomic E-state index is -0.715. The van der Waals surface area contributed by atoms with Crippen LogP contribution in [-0.2, 0) is 9.47 Å². The highest BCUT2D eigenvalue weighted by atomic mass is 28.3. The maximum absolute atomic E-state index is 5.73. The molecule has 0 amide bonds. The number of hydrogen-bond donors (Lipinski definition) is 0. The first-order chi connectivity index (χ1) is 9.83. The second-order valence-corrected chi connectivity index (χ2v) is 7.35. The predicted octanol–water partition coefficient (Wildman–Crippen LogP) is 1.48. The Kier molecular flexibility index (Phi) is 6.46. The maximum atomic E-state index is 5.73. The lowest BCUT2D eigenvalue weighted by Gasteiger charge is -2.29. The molecule has 1 saturated heterocycles. The molecule has 1 aromatic rings. The average molecular weight is 290 g/mol. The summed E-state index contributed by atoms with van der Waals surface area (Å²) >= 11 is 0. The second kappa shape index (κ2) is 8.37. The van der Waals surface area contributed by atoms with Gasteiger partial charge in [0.15, 0.2) is 0 Å². The largest absolute Gasteiger partial charge is 0.385 e. The van der Waals surface area contributed by atoms with Gasteiger partial charge in [0.05, 0.1) is 13.2 Å². The van der Waals surface area contributed by atoms with E-state index in [1.807, 2.05) is 6.08 Å². The molecule has 0 unspecified atom stereocenters. The third-order valence-electron chi connectivity index (χ3n) is 3.53. The fourth-order valence-corrected chi connectivity index (χ4v) is 4.81. The van der Waals surface area contributed by atoms with Crippen LogP contribution in [0.25, 0.3) is 6.08 Å². The Balaban J connectivity index is 2.06. The van der Waals surface area contributed by atoms with Crippen LogP contribution in [0.4, 0.5) is 0 Å². The van der Waals surface area contributed by atoms with Crippen molar-refractivity contribution >= 4 is 20.1 Å². The van der Waals surface area contributed by atoms with Crippen LogP contribution in [-0.4, -0.2) is 59.0 Å². The summed E-state index contributed by atoms with van der Waals surface area (Å²) in [5.41, 5.74) is 1.20.